The van der Waals surface area contributed by atoms with E-state index in [2.05, 4.69) is 15.3 Å². The van der Waals surface area contributed by atoms with Crippen LogP contribution in [-0.2, 0) is 16.5 Å². The second-order valence-corrected chi connectivity index (χ2v) is 6.93. The van der Waals surface area contributed by atoms with Crippen LogP contribution < -0.4 is 10.1 Å². The number of rotatable bonds is 5. The molecule has 0 bridgehead atoms. The predicted molar refractivity (Wildman–Crippen MR) is 103 cm³/mol. The molecule has 1 fully saturated rings. The summed E-state index contributed by atoms with van der Waals surface area (Å²) in [5.41, 5.74) is -0.405. The predicted octanol–water partition coefficient (Wildman–Crippen LogP) is 3.76. The highest BCUT2D eigenvalue weighted by atomic mass is 19.4. The standard InChI is InChI=1S/C21H16F3N3O4/c22-21(23,24)15-3-7-17(8-4-15)31-19-25-9-13(10-26-19)18(28)27-16-5-1-14(2-6-16)20(29)11-30-12-20/h1-10,29H,11-12H2,(H,27,28). The van der Waals surface area contributed by atoms with Crippen molar-refractivity contribution in [2.75, 3.05) is 18.5 Å². The first-order valence-corrected chi connectivity index (χ1v) is 9.12. The fourth-order valence-electron chi connectivity index (χ4n) is 2.83. The summed E-state index contributed by atoms with van der Waals surface area (Å²) in [6.07, 6.45) is -1.95. The molecule has 2 heterocycles. The largest absolute Gasteiger partial charge is 0.424 e. The highest BCUT2D eigenvalue weighted by molar-refractivity contribution is 6.03. The van der Waals surface area contributed by atoms with Gasteiger partial charge in [-0.05, 0) is 42.0 Å². The van der Waals surface area contributed by atoms with E-state index in [4.69, 9.17) is 9.47 Å². The number of halogens is 3. The zero-order chi connectivity index (χ0) is 22.1. The van der Waals surface area contributed by atoms with Crippen molar-refractivity contribution in [3.63, 3.8) is 0 Å². The van der Waals surface area contributed by atoms with Gasteiger partial charge in [-0.15, -0.1) is 0 Å². The maximum absolute atomic E-state index is 12.6. The molecule has 0 aliphatic carbocycles. The second-order valence-electron chi connectivity index (χ2n) is 6.93. The Labute approximate surface area is 174 Å². The summed E-state index contributed by atoms with van der Waals surface area (Å²) >= 11 is 0. The Morgan fingerprint density at radius 1 is 1.03 bits per heavy atom. The third-order valence-corrected chi connectivity index (χ3v) is 4.64. The Kier molecular flexibility index (Phi) is 5.34. The van der Waals surface area contributed by atoms with Crippen molar-refractivity contribution in [3.8, 4) is 11.8 Å². The van der Waals surface area contributed by atoms with Crippen LogP contribution in [0.3, 0.4) is 0 Å². The number of aliphatic hydroxyl groups is 1. The van der Waals surface area contributed by atoms with E-state index >= 15 is 0 Å². The number of aromatic nitrogens is 2. The fraction of sp³-hybridized carbons (Fsp3) is 0.190. The summed E-state index contributed by atoms with van der Waals surface area (Å²) in [6.45, 7) is 0.466. The number of benzene rings is 2. The molecule has 1 aromatic heterocycles. The average molecular weight is 431 g/mol. The van der Waals surface area contributed by atoms with Crippen molar-refractivity contribution in [1.82, 2.24) is 9.97 Å². The number of carbonyl (C=O) groups excluding carboxylic acids is 1. The molecule has 7 nitrogen and oxygen atoms in total. The lowest BCUT2D eigenvalue weighted by Gasteiger charge is -2.36. The van der Waals surface area contributed by atoms with Gasteiger partial charge in [0, 0.05) is 18.1 Å². The van der Waals surface area contributed by atoms with Gasteiger partial charge >= 0.3 is 12.2 Å². The molecule has 2 N–H and O–H groups in total. The van der Waals surface area contributed by atoms with E-state index in [0.717, 1.165) is 24.3 Å². The van der Waals surface area contributed by atoms with Gasteiger partial charge in [-0.25, -0.2) is 9.97 Å². The smallest absolute Gasteiger partial charge is 0.416 e. The first kappa shape index (κ1) is 20.8. The topological polar surface area (TPSA) is 93.6 Å². The number of alkyl halides is 3. The molecule has 1 amide bonds. The minimum absolute atomic E-state index is 0.114. The second kappa shape index (κ2) is 7.97. The monoisotopic (exact) mass is 431 g/mol. The Balaban J connectivity index is 1.37. The van der Waals surface area contributed by atoms with Crippen molar-refractivity contribution in [2.24, 2.45) is 0 Å². The van der Waals surface area contributed by atoms with Crippen LogP contribution in [0.1, 0.15) is 21.5 Å². The van der Waals surface area contributed by atoms with Gasteiger partial charge in [0.15, 0.2) is 0 Å². The summed E-state index contributed by atoms with van der Waals surface area (Å²) in [7, 11) is 0. The van der Waals surface area contributed by atoms with Crippen LogP contribution in [0.5, 0.6) is 11.8 Å². The van der Waals surface area contributed by atoms with E-state index < -0.39 is 23.2 Å². The zero-order valence-electron chi connectivity index (χ0n) is 15.9. The van der Waals surface area contributed by atoms with Crippen LogP contribution in [0.4, 0.5) is 18.9 Å². The molecule has 0 radical (unpaired) electrons. The third kappa shape index (κ3) is 4.65. The van der Waals surface area contributed by atoms with E-state index in [1.807, 2.05) is 0 Å². The van der Waals surface area contributed by atoms with Gasteiger partial charge in [0.25, 0.3) is 5.91 Å². The Bertz CT molecular complexity index is 1070. The van der Waals surface area contributed by atoms with Gasteiger partial charge in [0.05, 0.1) is 24.3 Å². The molecule has 0 unspecified atom stereocenters. The molecule has 0 saturated carbocycles. The highest BCUT2D eigenvalue weighted by Crippen LogP contribution is 2.31. The van der Waals surface area contributed by atoms with Crippen molar-refractivity contribution in [3.05, 3.63) is 77.6 Å². The normalized spacial score (nSPS) is 15.1. The molecule has 4 rings (SSSR count). The molecule has 1 saturated heterocycles. The molecule has 0 atom stereocenters. The van der Waals surface area contributed by atoms with Gasteiger partial charge in [-0.1, -0.05) is 12.1 Å². The molecule has 2 aromatic carbocycles. The maximum atomic E-state index is 12.6. The minimum atomic E-state index is -4.44. The first-order chi connectivity index (χ1) is 14.7. The van der Waals surface area contributed by atoms with Gasteiger partial charge in [0.1, 0.15) is 11.4 Å². The lowest BCUT2D eigenvalue weighted by molar-refractivity contribution is -0.184. The SMILES string of the molecule is O=C(Nc1ccc(C2(O)COC2)cc1)c1cnc(Oc2ccc(C(F)(F)F)cc2)nc1. The van der Waals surface area contributed by atoms with Crippen molar-refractivity contribution in [1.29, 1.82) is 0 Å². The van der Waals surface area contributed by atoms with E-state index in [9.17, 15) is 23.1 Å². The molecule has 1 aliphatic heterocycles. The van der Waals surface area contributed by atoms with Gasteiger partial charge in [-0.2, -0.15) is 13.2 Å². The Morgan fingerprint density at radius 2 is 1.65 bits per heavy atom. The number of amides is 1. The van der Waals surface area contributed by atoms with E-state index in [-0.39, 0.29) is 30.5 Å². The van der Waals surface area contributed by atoms with Gasteiger partial charge in [0.2, 0.25) is 0 Å². The van der Waals surface area contributed by atoms with Crippen molar-refractivity contribution >= 4 is 11.6 Å². The number of nitrogens with one attached hydrogen (secondary N) is 1. The number of nitrogens with zero attached hydrogens (tertiary/aromatic N) is 2. The molecular formula is C21H16F3N3O4. The van der Waals surface area contributed by atoms with Gasteiger partial charge < -0.3 is 19.9 Å². The molecule has 3 aromatic rings. The molecule has 1 aliphatic rings. The van der Waals surface area contributed by atoms with Crippen LogP contribution in [0.2, 0.25) is 0 Å². The molecular weight excluding hydrogens is 415 g/mol. The molecule has 160 valence electrons. The van der Waals surface area contributed by atoms with E-state index in [1.54, 1.807) is 24.3 Å². The van der Waals surface area contributed by atoms with Crippen LogP contribution in [0.25, 0.3) is 0 Å². The number of hydrogen-bond donors (Lipinski definition) is 2. The van der Waals surface area contributed by atoms with Crippen LogP contribution in [-0.4, -0.2) is 34.2 Å². The van der Waals surface area contributed by atoms with E-state index in [1.165, 1.54) is 12.4 Å². The molecule has 31 heavy (non-hydrogen) atoms. The summed E-state index contributed by atoms with van der Waals surface area (Å²) in [5, 5.41) is 12.9. The number of ether oxygens (including phenoxy) is 2. The Hall–Kier alpha value is -3.50. The number of anilines is 1. The zero-order valence-corrected chi connectivity index (χ0v) is 15.9. The van der Waals surface area contributed by atoms with E-state index in [0.29, 0.717) is 11.3 Å². The molecule has 0 spiro atoms. The van der Waals surface area contributed by atoms with Gasteiger partial charge in [-0.3, -0.25) is 4.79 Å². The van der Waals surface area contributed by atoms with Crippen molar-refractivity contribution < 1.29 is 32.5 Å². The Morgan fingerprint density at radius 3 is 2.16 bits per heavy atom. The summed E-state index contributed by atoms with van der Waals surface area (Å²) in [6, 6.07) is 10.7. The van der Waals surface area contributed by atoms with Crippen LogP contribution >= 0.6 is 0 Å². The quantitative estimate of drug-likeness (QED) is 0.639. The van der Waals surface area contributed by atoms with Crippen LogP contribution in [0, 0.1) is 0 Å². The minimum Gasteiger partial charge on any atom is -0.424 e. The highest BCUT2D eigenvalue weighted by Gasteiger charge is 2.37. The van der Waals surface area contributed by atoms with Crippen LogP contribution in [0.15, 0.2) is 60.9 Å². The maximum Gasteiger partial charge on any atom is 0.416 e. The molecule has 10 heteroatoms. The fourth-order valence-corrected chi connectivity index (χ4v) is 2.83. The van der Waals surface area contributed by atoms with Crippen molar-refractivity contribution in [2.45, 2.75) is 11.8 Å². The average Bonchev–Trinajstić information content (AvgIpc) is 2.73. The third-order valence-electron chi connectivity index (χ3n) is 4.64. The number of carbonyl (C=O) groups is 1. The summed E-state index contributed by atoms with van der Waals surface area (Å²) < 4.78 is 48.1. The first-order valence-electron chi connectivity index (χ1n) is 9.12. The number of hydrogen-bond acceptors (Lipinski definition) is 6. The summed E-state index contributed by atoms with van der Waals surface area (Å²) in [4.78, 5) is 20.2. The lowest BCUT2D eigenvalue weighted by Crippen LogP contribution is -2.46. The lowest BCUT2D eigenvalue weighted by atomic mass is 9.92. The summed E-state index contributed by atoms with van der Waals surface area (Å²) in [5.74, 6) is -0.330.